The lowest BCUT2D eigenvalue weighted by atomic mass is 10.1. The number of ether oxygens (including phenoxy) is 4. The molecule has 0 aliphatic heterocycles. The summed E-state index contributed by atoms with van der Waals surface area (Å²) in [6.07, 6.45) is 0. The minimum absolute atomic E-state index is 0.573. The van der Waals surface area contributed by atoms with Gasteiger partial charge in [0.1, 0.15) is 11.1 Å². The van der Waals surface area contributed by atoms with Crippen LogP contribution in [0.25, 0.3) is 0 Å². The van der Waals surface area contributed by atoms with Crippen LogP contribution in [0.3, 0.4) is 0 Å². The molecule has 0 aliphatic carbocycles. The van der Waals surface area contributed by atoms with Crippen molar-refractivity contribution in [1.82, 2.24) is 0 Å². The van der Waals surface area contributed by atoms with Gasteiger partial charge in [-0.15, -0.1) is 0 Å². The van der Waals surface area contributed by atoms with Crippen LogP contribution >= 0.6 is 0 Å². The van der Waals surface area contributed by atoms with E-state index in [1.807, 2.05) is 0 Å². The highest BCUT2D eigenvalue weighted by molar-refractivity contribution is 6.13. The van der Waals surface area contributed by atoms with Crippen molar-refractivity contribution in [3.05, 3.63) is 22.6 Å². The van der Waals surface area contributed by atoms with E-state index >= 15 is 0 Å². The Morgan fingerprint density at radius 2 is 0.905 bits per heavy atom. The third kappa shape index (κ3) is 2.86. The number of methoxy groups -OCH3 is 4. The van der Waals surface area contributed by atoms with Gasteiger partial charge in [0.2, 0.25) is 11.5 Å². The summed E-state index contributed by atoms with van der Waals surface area (Å²) in [5, 5.41) is 0. The third-order valence-electron chi connectivity index (χ3n) is 2.43. The van der Waals surface area contributed by atoms with Gasteiger partial charge in [0.05, 0.1) is 28.4 Å². The molecule has 0 aliphatic rings. The molecule has 0 atom stereocenters. The standard InChI is InChI=1S/C12H12O9/c1-17-9(13)5-6(10(14)18-2)8(12(16)20-4)21-7(5)11(15)19-3/h1-4H3. The van der Waals surface area contributed by atoms with Crippen molar-refractivity contribution in [2.45, 2.75) is 0 Å². The predicted octanol–water partition coefficient (Wildman–Crippen LogP) is 0.426. The average Bonchev–Trinajstić information content (AvgIpc) is 2.91. The van der Waals surface area contributed by atoms with E-state index in [0.717, 1.165) is 28.4 Å². The molecule has 0 saturated heterocycles. The Kier molecular flexibility index (Phi) is 5.06. The summed E-state index contributed by atoms with van der Waals surface area (Å²) in [6.45, 7) is 0. The molecule has 21 heavy (non-hydrogen) atoms. The van der Waals surface area contributed by atoms with Crippen LogP contribution in [0.15, 0.2) is 4.42 Å². The molecular formula is C12H12O9. The summed E-state index contributed by atoms with van der Waals surface area (Å²) in [4.78, 5) is 46.8. The summed E-state index contributed by atoms with van der Waals surface area (Å²) < 4.78 is 22.7. The highest BCUT2D eigenvalue weighted by Crippen LogP contribution is 2.26. The molecule has 0 aromatic carbocycles. The molecule has 0 radical (unpaired) electrons. The second kappa shape index (κ2) is 6.55. The Bertz CT molecular complexity index is 546. The highest BCUT2D eigenvalue weighted by Gasteiger charge is 2.38. The van der Waals surface area contributed by atoms with E-state index < -0.39 is 46.5 Å². The van der Waals surface area contributed by atoms with E-state index in [1.54, 1.807) is 0 Å². The van der Waals surface area contributed by atoms with Crippen molar-refractivity contribution in [3.63, 3.8) is 0 Å². The van der Waals surface area contributed by atoms with Gasteiger partial charge in [0, 0.05) is 0 Å². The van der Waals surface area contributed by atoms with Gasteiger partial charge in [-0.25, -0.2) is 19.2 Å². The molecule has 9 nitrogen and oxygen atoms in total. The molecule has 0 fully saturated rings. The van der Waals surface area contributed by atoms with Gasteiger partial charge in [0.25, 0.3) is 0 Å². The van der Waals surface area contributed by atoms with Gasteiger partial charge in [-0.05, 0) is 0 Å². The summed E-state index contributed by atoms with van der Waals surface area (Å²) in [5.41, 5.74) is -1.15. The normalized spacial score (nSPS) is 9.71. The lowest BCUT2D eigenvalue weighted by molar-refractivity contribution is 0.0505. The first kappa shape index (κ1) is 16.2. The van der Waals surface area contributed by atoms with Gasteiger partial charge >= 0.3 is 23.9 Å². The maximum absolute atomic E-state index is 11.8. The number of carbonyl (C=O) groups excluding carboxylic acids is 4. The van der Waals surface area contributed by atoms with Crippen LogP contribution in [0.5, 0.6) is 0 Å². The minimum Gasteiger partial charge on any atom is -0.465 e. The topological polar surface area (TPSA) is 118 Å². The Hall–Kier alpha value is -2.84. The smallest absolute Gasteiger partial charge is 0.374 e. The van der Waals surface area contributed by atoms with Crippen LogP contribution in [0.4, 0.5) is 0 Å². The molecule has 9 heteroatoms. The fraction of sp³-hybridized carbons (Fsp3) is 0.333. The number of esters is 4. The largest absolute Gasteiger partial charge is 0.465 e. The van der Waals surface area contributed by atoms with Gasteiger partial charge < -0.3 is 23.4 Å². The zero-order valence-electron chi connectivity index (χ0n) is 11.7. The molecule has 1 rings (SSSR count). The summed E-state index contributed by atoms with van der Waals surface area (Å²) in [5.74, 6) is -5.62. The van der Waals surface area contributed by atoms with Crippen molar-refractivity contribution in [1.29, 1.82) is 0 Å². The zero-order chi connectivity index (χ0) is 16.2. The third-order valence-corrected chi connectivity index (χ3v) is 2.43. The van der Waals surface area contributed by atoms with Crippen LogP contribution in [0, 0.1) is 0 Å². The van der Waals surface area contributed by atoms with Crippen LogP contribution in [0.2, 0.25) is 0 Å². The fourth-order valence-electron chi connectivity index (χ4n) is 1.50. The van der Waals surface area contributed by atoms with Crippen LogP contribution in [-0.2, 0) is 18.9 Å². The van der Waals surface area contributed by atoms with E-state index in [1.165, 1.54) is 0 Å². The summed E-state index contributed by atoms with van der Waals surface area (Å²) >= 11 is 0. The Morgan fingerprint density at radius 1 is 0.619 bits per heavy atom. The van der Waals surface area contributed by atoms with Crippen molar-refractivity contribution >= 4 is 23.9 Å². The van der Waals surface area contributed by atoms with Crippen LogP contribution < -0.4 is 0 Å². The first-order valence-electron chi connectivity index (χ1n) is 5.42. The quantitative estimate of drug-likeness (QED) is 0.575. The molecule has 0 saturated carbocycles. The van der Waals surface area contributed by atoms with Gasteiger partial charge in [-0.2, -0.15) is 0 Å². The second-order valence-electron chi connectivity index (χ2n) is 3.48. The summed E-state index contributed by atoms with van der Waals surface area (Å²) in [6, 6.07) is 0. The Labute approximate surface area is 118 Å². The summed E-state index contributed by atoms with van der Waals surface area (Å²) in [7, 11) is 4.10. The molecule has 0 amide bonds. The molecule has 0 bridgehead atoms. The van der Waals surface area contributed by atoms with Crippen molar-refractivity contribution < 1.29 is 42.5 Å². The van der Waals surface area contributed by atoms with Crippen molar-refractivity contribution in [3.8, 4) is 0 Å². The van der Waals surface area contributed by atoms with E-state index in [9.17, 15) is 19.2 Å². The maximum Gasteiger partial charge on any atom is 0.374 e. The van der Waals surface area contributed by atoms with Crippen molar-refractivity contribution in [2.75, 3.05) is 28.4 Å². The van der Waals surface area contributed by atoms with Crippen LogP contribution in [-0.4, -0.2) is 52.3 Å². The molecule has 0 N–H and O–H groups in total. The number of rotatable bonds is 4. The number of hydrogen-bond donors (Lipinski definition) is 0. The van der Waals surface area contributed by atoms with E-state index in [0.29, 0.717) is 0 Å². The van der Waals surface area contributed by atoms with E-state index in [4.69, 9.17) is 4.42 Å². The lowest BCUT2D eigenvalue weighted by Gasteiger charge is -2.02. The number of furan rings is 1. The maximum atomic E-state index is 11.8. The molecule has 0 unspecified atom stereocenters. The SMILES string of the molecule is COC(=O)c1oc(C(=O)OC)c(C(=O)OC)c1C(=O)OC. The lowest BCUT2D eigenvalue weighted by Crippen LogP contribution is -2.16. The van der Waals surface area contributed by atoms with Gasteiger partial charge in [-0.3, -0.25) is 0 Å². The molecule has 1 aromatic rings. The first-order chi connectivity index (χ1) is 9.92. The first-order valence-corrected chi connectivity index (χ1v) is 5.42. The predicted molar refractivity (Wildman–Crippen MR) is 64.1 cm³/mol. The molecule has 114 valence electrons. The number of carbonyl (C=O) groups is 4. The Balaban J connectivity index is 3.71. The van der Waals surface area contributed by atoms with Crippen molar-refractivity contribution in [2.24, 2.45) is 0 Å². The Morgan fingerprint density at radius 3 is 1.14 bits per heavy atom. The fourth-order valence-corrected chi connectivity index (χ4v) is 1.50. The molecular weight excluding hydrogens is 288 g/mol. The monoisotopic (exact) mass is 300 g/mol. The van der Waals surface area contributed by atoms with Gasteiger partial charge in [-0.1, -0.05) is 0 Å². The zero-order valence-corrected chi connectivity index (χ0v) is 11.7. The molecule has 0 spiro atoms. The molecule has 1 heterocycles. The second-order valence-corrected chi connectivity index (χ2v) is 3.48. The van der Waals surface area contributed by atoms with E-state index in [-0.39, 0.29) is 0 Å². The average molecular weight is 300 g/mol. The molecule has 1 aromatic heterocycles. The van der Waals surface area contributed by atoms with E-state index in [2.05, 4.69) is 18.9 Å². The highest BCUT2D eigenvalue weighted by atomic mass is 16.6. The van der Waals surface area contributed by atoms with Crippen LogP contribution in [0.1, 0.15) is 41.8 Å². The minimum atomic E-state index is -1.07. The number of hydrogen-bond acceptors (Lipinski definition) is 9. The van der Waals surface area contributed by atoms with Gasteiger partial charge in [0.15, 0.2) is 0 Å².